The van der Waals surface area contributed by atoms with Crippen molar-refractivity contribution in [1.29, 1.82) is 0 Å². The molecule has 0 saturated carbocycles. The van der Waals surface area contributed by atoms with Crippen molar-refractivity contribution in [1.82, 2.24) is 10.2 Å². The zero-order valence-electron chi connectivity index (χ0n) is 10.5. The Morgan fingerprint density at radius 2 is 2.22 bits per heavy atom. The molecule has 1 fully saturated rings. The molecule has 98 valence electrons. The number of rotatable bonds is 2. The molecular weight excluding hydrogens is 343 g/mol. The van der Waals surface area contributed by atoms with Crippen LogP contribution in [0.2, 0.25) is 0 Å². The molecule has 4 nitrogen and oxygen atoms in total. The molecule has 0 radical (unpaired) electrons. The van der Waals surface area contributed by atoms with Crippen LogP contribution in [0.25, 0.3) is 0 Å². The Morgan fingerprint density at radius 3 is 2.83 bits per heavy atom. The number of β-amino-alcohol motifs (C(OH)–C–C–N with tert-alkyl or cyclic N) is 1. The number of nitrogens with one attached hydrogen (secondary N) is 1. The van der Waals surface area contributed by atoms with Gasteiger partial charge in [0.25, 0.3) is 5.91 Å². The molecule has 2 N–H and O–H groups in total. The first-order chi connectivity index (χ1) is 8.52. The summed E-state index contributed by atoms with van der Waals surface area (Å²) in [5.41, 5.74) is 1.80. The number of likely N-dealkylation sites (N-methyl/N-ethyl adjacent to an activating group) is 1. The number of amides is 1. The Bertz CT molecular complexity index is 464. The van der Waals surface area contributed by atoms with Gasteiger partial charge in [0.05, 0.1) is 17.7 Å². The molecule has 1 aromatic carbocycles. The number of nitrogens with zero attached hydrogens (tertiary/aromatic N) is 1. The summed E-state index contributed by atoms with van der Waals surface area (Å²) >= 11 is 2.20. The molecule has 2 rings (SSSR count). The third kappa shape index (κ3) is 2.53. The fraction of sp³-hybridized carbons (Fsp3) is 0.462. The number of benzene rings is 1. The molecule has 1 heterocycles. The average Bonchev–Trinajstić information content (AvgIpc) is 2.77. The molecule has 1 amide bonds. The van der Waals surface area contributed by atoms with Crippen molar-refractivity contribution in [3.05, 3.63) is 32.9 Å². The third-order valence-electron chi connectivity index (χ3n) is 3.39. The highest BCUT2D eigenvalue weighted by Gasteiger charge is 2.32. The van der Waals surface area contributed by atoms with Gasteiger partial charge in [-0.05, 0) is 41.1 Å². The highest BCUT2D eigenvalue weighted by Crippen LogP contribution is 2.20. The van der Waals surface area contributed by atoms with Gasteiger partial charge >= 0.3 is 0 Å². The van der Waals surface area contributed by atoms with Crippen molar-refractivity contribution in [2.75, 3.05) is 20.1 Å². The van der Waals surface area contributed by atoms with Crippen LogP contribution in [-0.4, -0.2) is 48.2 Å². The van der Waals surface area contributed by atoms with E-state index in [1.54, 1.807) is 11.9 Å². The van der Waals surface area contributed by atoms with E-state index in [2.05, 4.69) is 27.9 Å². The topological polar surface area (TPSA) is 52.6 Å². The van der Waals surface area contributed by atoms with Crippen molar-refractivity contribution >= 4 is 28.5 Å². The predicted molar refractivity (Wildman–Crippen MR) is 78.7 cm³/mol. The Morgan fingerprint density at radius 1 is 1.50 bits per heavy atom. The van der Waals surface area contributed by atoms with Crippen LogP contribution in [0, 0.1) is 10.5 Å². The number of hydrogen-bond donors (Lipinski definition) is 2. The van der Waals surface area contributed by atoms with Crippen LogP contribution in [0.4, 0.5) is 0 Å². The highest BCUT2D eigenvalue weighted by atomic mass is 127. The van der Waals surface area contributed by atoms with Crippen LogP contribution in [0.15, 0.2) is 18.2 Å². The summed E-state index contributed by atoms with van der Waals surface area (Å²) in [5.74, 6) is -0.0316. The monoisotopic (exact) mass is 360 g/mol. The number of aliphatic hydroxyl groups is 1. The van der Waals surface area contributed by atoms with E-state index < -0.39 is 6.10 Å². The summed E-state index contributed by atoms with van der Waals surface area (Å²) in [6.07, 6.45) is -0.485. The molecule has 0 bridgehead atoms. The van der Waals surface area contributed by atoms with Crippen LogP contribution in [0.3, 0.4) is 0 Å². The number of aliphatic hydroxyl groups excluding tert-OH is 1. The summed E-state index contributed by atoms with van der Waals surface area (Å²) in [6.45, 7) is 3.18. The summed E-state index contributed by atoms with van der Waals surface area (Å²) < 4.78 is 0.979. The van der Waals surface area contributed by atoms with E-state index in [1.807, 2.05) is 25.1 Å². The van der Waals surface area contributed by atoms with Crippen LogP contribution in [0.5, 0.6) is 0 Å². The predicted octanol–water partition coefficient (Wildman–Crippen LogP) is 1.00. The van der Waals surface area contributed by atoms with Gasteiger partial charge in [-0.15, -0.1) is 0 Å². The lowest BCUT2D eigenvalue weighted by Crippen LogP contribution is -2.44. The van der Waals surface area contributed by atoms with E-state index in [9.17, 15) is 9.90 Å². The molecule has 1 aliphatic rings. The van der Waals surface area contributed by atoms with Gasteiger partial charge in [0.15, 0.2) is 0 Å². The molecular formula is C13H17IN2O2. The molecule has 5 heteroatoms. The summed E-state index contributed by atoms with van der Waals surface area (Å²) in [7, 11) is 1.75. The van der Waals surface area contributed by atoms with E-state index in [4.69, 9.17) is 0 Å². The van der Waals surface area contributed by atoms with Gasteiger partial charge in [0.1, 0.15) is 0 Å². The van der Waals surface area contributed by atoms with Crippen molar-refractivity contribution < 1.29 is 9.90 Å². The van der Waals surface area contributed by atoms with Gasteiger partial charge in [-0.3, -0.25) is 4.79 Å². The lowest BCUT2D eigenvalue weighted by atomic mass is 10.1. The quantitative estimate of drug-likeness (QED) is 0.774. The summed E-state index contributed by atoms with van der Waals surface area (Å²) in [4.78, 5) is 14.1. The molecule has 1 aliphatic heterocycles. The molecule has 0 unspecified atom stereocenters. The summed E-state index contributed by atoms with van der Waals surface area (Å²) in [6, 6.07) is 5.57. The van der Waals surface area contributed by atoms with E-state index >= 15 is 0 Å². The molecule has 1 saturated heterocycles. The van der Waals surface area contributed by atoms with Crippen molar-refractivity contribution in [3.8, 4) is 0 Å². The number of halogens is 1. The molecule has 2 atom stereocenters. The smallest absolute Gasteiger partial charge is 0.255 e. The average molecular weight is 360 g/mol. The van der Waals surface area contributed by atoms with Gasteiger partial charge in [-0.2, -0.15) is 0 Å². The lowest BCUT2D eigenvalue weighted by molar-refractivity contribution is 0.0580. The molecule has 0 aromatic heterocycles. The largest absolute Gasteiger partial charge is 0.390 e. The fourth-order valence-electron chi connectivity index (χ4n) is 2.20. The maximum absolute atomic E-state index is 12.4. The Balaban J connectivity index is 2.23. The molecule has 0 aliphatic carbocycles. The van der Waals surface area contributed by atoms with Crippen molar-refractivity contribution in [2.24, 2.45) is 0 Å². The van der Waals surface area contributed by atoms with Crippen molar-refractivity contribution in [2.45, 2.75) is 19.1 Å². The highest BCUT2D eigenvalue weighted by molar-refractivity contribution is 14.1. The third-order valence-corrected chi connectivity index (χ3v) is 4.82. The number of aryl methyl sites for hydroxylation is 1. The van der Waals surface area contributed by atoms with Crippen LogP contribution in [0.1, 0.15) is 15.9 Å². The Labute approximate surface area is 121 Å². The Hall–Kier alpha value is -0.660. The normalized spacial score (nSPS) is 23.1. The molecule has 0 spiro atoms. The minimum Gasteiger partial charge on any atom is -0.390 e. The second-order valence-corrected chi connectivity index (χ2v) is 5.72. The van der Waals surface area contributed by atoms with Gasteiger partial charge in [-0.1, -0.05) is 12.1 Å². The number of carbonyl (C=O) groups excluding carboxylic acids is 1. The second kappa shape index (κ2) is 5.54. The van der Waals surface area contributed by atoms with Gasteiger partial charge < -0.3 is 15.3 Å². The molecule has 18 heavy (non-hydrogen) atoms. The van der Waals surface area contributed by atoms with E-state index in [-0.39, 0.29) is 11.9 Å². The first-order valence-electron chi connectivity index (χ1n) is 5.93. The fourth-order valence-corrected chi connectivity index (χ4v) is 2.79. The van der Waals surface area contributed by atoms with Crippen LogP contribution >= 0.6 is 22.6 Å². The van der Waals surface area contributed by atoms with Crippen LogP contribution in [-0.2, 0) is 0 Å². The van der Waals surface area contributed by atoms with Gasteiger partial charge in [-0.25, -0.2) is 0 Å². The van der Waals surface area contributed by atoms with E-state index in [0.717, 1.165) is 9.13 Å². The maximum atomic E-state index is 12.4. The summed E-state index contributed by atoms with van der Waals surface area (Å²) in [5, 5.41) is 12.9. The van der Waals surface area contributed by atoms with Crippen molar-refractivity contribution in [3.63, 3.8) is 0 Å². The Kier molecular flexibility index (Phi) is 4.24. The lowest BCUT2D eigenvalue weighted by Gasteiger charge is -2.27. The maximum Gasteiger partial charge on any atom is 0.255 e. The second-order valence-electron chi connectivity index (χ2n) is 4.65. The molecule has 1 aromatic rings. The number of hydrogen-bond acceptors (Lipinski definition) is 3. The van der Waals surface area contributed by atoms with E-state index in [1.165, 1.54) is 0 Å². The first-order valence-corrected chi connectivity index (χ1v) is 7.01. The van der Waals surface area contributed by atoms with Gasteiger partial charge in [0.2, 0.25) is 0 Å². The van der Waals surface area contributed by atoms with Crippen LogP contribution < -0.4 is 5.32 Å². The van der Waals surface area contributed by atoms with Gasteiger partial charge in [0, 0.05) is 23.7 Å². The zero-order valence-corrected chi connectivity index (χ0v) is 12.6. The minimum absolute atomic E-state index is 0.0316. The number of carbonyl (C=O) groups is 1. The minimum atomic E-state index is -0.485. The first kappa shape index (κ1) is 13.8. The van der Waals surface area contributed by atoms with E-state index in [0.29, 0.717) is 18.7 Å². The zero-order chi connectivity index (χ0) is 13.3. The SMILES string of the molecule is Cc1cccc(C(=O)N(C)[C@H]2CNC[C@@H]2O)c1I. The standard InChI is InChI=1S/C13H17IN2O2/c1-8-4-3-5-9(12(8)14)13(18)16(2)10-6-15-7-11(10)17/h3-5,10-11,15,17H,6-7H2,1-2H3/t10-,11-/m0/s1.